The van der Waals surface area contributed by atoms with Crippen molar-refractivity contribution >= 4 is 39.0 Å². The van der Waals surface area contributed by atoms with Gasteiger partial charge in [-0.05, 0) is 32.9 Å². The molecule has 2 aromatic heterocycles. The average molecular weight is 394 g/mol. The fraction of sp³-hybridized carbons (Fsp3) is 0.333. The molecule has 8 heteroatoms. The Balaban J connectivity index is 2.17. The maximum absolute atomic E-state index is 6.47. The molecule has 0 atom stereocenters. The largest absolute Gasteiger partial charge is 0.496 e. The summed E-state index contributed by atoms with van der Waals surface area (Å²) < 4.78 is 5.54. The number of ether oxygens (including phenoxy) is 1. The van der Waals surface area contributed by atoms with Crippen molar-refractivity contribution in [2.45, 2.75) is 26.8 Å². The lowest BCUT2D eigenvalue weighted by molar-refractivity contribution is -0.177. The van der Waals surface area contributed by atoms with Crippen LogP contribution in [0.3, 0.4) is 0 Å². The Morgan fingerprint density at radius 2 is 1.92 bits per heavy atom. The number of nitrogens with zero attached hydrogens (tertiary/aromatic N) is 2. The molecule has 2 heterocycles. The van der Waals surface area contributed by atoms with Gasteiger partial charge in [0.2, 0.25) is 0 Å². The van der Waals surface area contributed by atoms with E-state index in [2.05, 4.69) is 24.1 Å². The molecule has 138 valence electrons. The van der Waals surface area contributed by atoms with E-state index in [0.29, 0.717) is 33.8 Å². The van der Waals surface area contributed by atoms with E-state index >= 15 is 0 Å². The second-order valence-electron chi connectivity index (χ2n) is 5.96. The van der Waals surface area contributed by atoms with Crippen LogP contribution in [-0.2, 0) is 4.89 Å². The van der Waals surface area contributed by atoms with Crippen LogP contribution in [0.2, 0.25) is 5.02 Å². The summed E-state index contributed by atoms with van der Waals surface area (Å²) in [4.78, 5) is 20.3. The van der Waals surface area contributed by atoms with E-state index < -0.39 is 0 Å². The van der Waals surface area contributed by atoms with Crippen molar-refractivity contribution in [2.24, 2.45) is 0 Å². The summed E-state index contributed by atoms with van der Waals surface area (Å²) in [7, 11) is 3.04. The van der Waals surface area contributed by atoms with Crippen LogP contribution in [0, 0.1) is 6.92 Å². The number of rotatable bonds is 6. The highest BCUT2D eigenvalue weighted by molar-refractivity contribution is 7.16. The van der Waals surface area contributed by atoms with Crippen molar-refractivity contribution in [3.8, 4) is 22.9 Å². The van der Waals surface area contributed by atoms with Gasteiger partial charge in [-0.15, -0.1) is 11.3 Å². The van der Waals surface area contributed by atoms with Gasteiger partial charge in [0, 0.05) is 22.4 Å². The maximum Gasteiger partial charge on any atom is 0.186 e. The molecule has 6 nitrogen and oxygen atoms in total. The van der Waals surface area contributed by atoms with Crippen LogP contribution in [0.1, 0.15) is 18.7 Å². The van der Waals surface area contributed by atoms with Crippen molar-refractivity contribution in [2.75, 3.05) is 19.5 Å². The lowest BCUT2D eigenvalue weighted by atomic mass is 10.1. The van der Waals surface area contributed by atoms with Gasteiger partial charge < -0.3 is 14.9 Å². The quantitative estimate of drug-likeness (QED) is 0.464. The molecule has 26 heavy (non-hydrogen) atoms. The molecule has 0 amide bonds. The van der Waals surface area contributed by atoms with E-state index in [1.165, 1.54) is 7.11 Å². The highest BCUT2D eigenvalue weighted by Crippen LogP contribution is 2.39. The lowest BCUT2D eigenvalue weighted by Crippen LogP contribution is -2.09. The zero-order chi connectivity index (χ0) is 18.8. The molecule has 0 fully saturated rings. The molecule has 0 aliphatic carbocycles. The summed E-state index contributed by atoms with van der Waals surface area (Å²) in [6, 6.07) is 5.73. The number of anilines is 1. The van der Waals surface area contributed by atoms with Crippen molar-refractivity contribution in [3.05, 3.63) is 28.1 Å². The van der Waals surface area contributed by atoms with E-state index in [1.807, 2.05) is 19.1 Å². The first-order chi connectivity index (χ1) is 12.4. The molecule has 0 saturated carbocycles. The maximum atomic E-state index is 6.47. The third-order valence-electron chi connectivity index (χ3n) is 3.69. The summed E-state index contributed by atoms with van der Waals surface area (Å²) >= 11 is 8.06. The predicted octanol–water partition coefficient (Wildman–Crippen LogP) is 5.09. The number of halogens is 1. The molecule has 1 N–H and O–H groups in total. The fourth-order valence-corrected chi connectivity index (χ4v) is 3.80. The van der Waals surface area contributed by atoms with Crippen LogP contribution in [0.5, 0.6) is 11.5 Å². The van der Waals surface area contributed by atoms with Gasteiger partial charge in [0.25, 0.3) is 0 Å². The van der Waals surface area contributed by atoms with Gasteiger partial charge >= 0.3 is 0 Å². The summed E-state index contributed by atoms with van der Waals surface area (Å²) in [5.41, 5.74) is 2.06. The number of methoxy groups -OCH3 is 1. The Kier molecular flexibility index (Phi) is 5.50. The molecule has 0 spiro atoms. The Morgan fingerprint density at radius 1 is 1.15 bits per heavy atom. The van der Waals surface area contributed by atoms with Crippen molar-refractivity contribution < 1.29 is 14.5 Å². The standard InChI is InChI=1S/C18H20ClN3O3S/c1-9(2)20-18-22-16(10(3)26-18)12-8-14(23-4)11-6-7-13(25-24-5)15(19)17(11)21-12/h6-9H,1-5H3,(H,20,22). The molecular weight excluding hydrogens is 374 g/mol. The van der Waals surface area contributed by atoms with Gasteiger partial charge in [0.05, 0.1) is 25.4 Å². The van der Waals surface area contributed by atoms with Crippen molar-refractivity contribution in [1.29, 1.82) is 0 Å². The van der Waals surface area contributed by atoms with Crippen molar-refractivity contribution in [1.82, 2.24) is 9.97 Å². The van der Waals surface area contributed by atoms with E-state index in [9.17, 15) is 0 Å². The van der Waals surface area contributed by atoms with Crippen LogP contribution in [0.4, 0.5) is 5.13 Å². The lowest BCUT2D eigenvalue weighted by Gasteiger charge is -2.11. The van der Waals surface area contributed by atoms with E-state index in [4.69, 9.17) is 31.1 Å². The molecule has 0 aliphatic heterocycles. The molecule has 3 aromatic rings. The zero-order valence-electron chi connectivity index (χ0n) is 15.2. The molecule has 1 aromatic carbocycles. The van der Waals surface area contributed by atoms with Crippen LogP contribution >= 0.6 is 22.9 Å². The minimum Gasteiger partial charge on any atom is -0.496 e. The number of hydrogen-bond acceptors (Lipinski definition) is 7. The Bertz CT molecular complexity index is 943. The van der Waals surface area contributed by atoms with Gasteiger partial charge in [0.15, 0.2) is 10.9 Å². The summed E-state index contributed by atoms with van der Waals surface area (Å²) in [6.07, 6.45) is 0. The monoisotopic (exact) mass is 393 g/mol. The number of hydrogen-bond donors (Lipinski definition) is 1. The van der Waals surface area contributed by atoms with Crippen LogP contribution in [-0.4, -0.2) is 30.2 Å². The average Bonchev–Trinajstić information content (AvgIpc) is 2.96. The Hall–Kier alpha value is -2.09. The molecule has 0 radical (unpaired) electrons. The Morgan fingerprint density at radius 3 is 2.58 bits per heavy atom. The summed E-state index contributed by atoms with van der Waals surface area (Å²) in [5, 5.41) is 5.33. The fourth-order valence-electron chi connectivity index (χ4n) is 2.60. The van der Waals surface area contributed by atoms with E-state index in [0.717, 1.165) is 21.1 Å². The molecule has 0 saturated heterocycles. The van der Waals surface area contributed by atoms with Gasteiger partial charge in [-0.3, -0.25) is 0 Å². The SMILES string of the molecule is COOc1ccc2c(OC)cc(-c3nc(NC(C)C)sc3C)nc2c1Cl. The van der Waals surface area contributed by atoms with Gasteiger partial charge in [-0.1, -0.05) is 11.6 Å². The molecular formula is C18H20ClN3O3S. The van der Waals surface area contributed by atoms with Crippen molar-refractivity contribution in [3.63, 3.8) is 0 Å². The first-order valence-electron chi connectivity index (χ1n) is 8.06. The number of nitrogens with one attached hydrogen (secondary N) is 1. The number of benzene rings is 1. The molecule has 0 bridgehead atoms. The molecule has 0 aliphatic rings. The predicted molar refractivity (Wildman–Crippen MR) is 106 cm³/mol. The van der Waals surface area contributed by atoms with Crippen LogP contribution in [0.15, 0.2) is 18.2 Å². The normalized spacial score (nSPS) is 11.2. The molecule has 0 unspecified atom stereocenters. The smallest absolute Gasteiger partial charge is 0.186 e. The second-order valence-corrected chi connectivity index (χ2v) is 7.54. The van der Waals surface area contributed by atoms with E-state index in [1.54, 1.807) is 24.5 Å². The third kappa shape index (κ3) is 3.56. The topological polar surface area (TPSA) is 65.5 Å². The summed E-state index contributed by atoms with van der Waals surface area (Å²) in [5.74, 6) is 1.06. The Labute approximate surface area is 161 Å². The first-order valence-corrected chi connectivity index (χ1v) is 9.26. The van der Waals surface area contributed by atoms with E-state index in [-0.39, 0.29) is 0 Å². The number of aromatic nitrogens is 2. The summed E-state index contributed by atoms with van der Waals surface area (Å²) in [6.45, 7) is 6.17. The number of aryl methyl sites for hydroxylation is 1. The number of thiazole rings is 1. The first kappa shape index (κ1) is 18.7. The molecule has 3 rings (SSSR count). The minimum absolute atomic E-state index is 0.302. The van der Waals surface area contributed by atoms with Gasteiger partial charge in [-0.25, -0.2) is 9.97 Å². The number of fused-ring (bicyclic) bond motifs is 1. The number of pyridine rings is 1. The highest BCUT2D eigenvalue weighted by atomic mass is 35.5. The van der Waals surface area contributed by atoms with Crippen LogP contribution in [0.25, 0.3) is 22.3 Å². The zero-order valence-corrected chi connectivity index (χ0v) is 16.8. The minimum atomic E-state index is 0.302. The van der Waals surface area contributed by atoms with Gasteiger partial charge in [-0.2, -0.15) is 4.89 Å². The van der Waals surface area contributed by atoms with Gasteiger partial charge in [0.1, 0.15) is 16.5 Å². The second kappa shape index (κ2) is 7.65. The highest BCUT2D eigenvalue weighted by Gasteiger charge is 2.18. The third-order valence-corrected chi connectivity index (χ3v) is 4.96. The van der Waals surface area contributed by atoms with Crippen LogP contribution < -0.4 is 14.9 Å².